The number of carbonyl (C=O) groups is 1. The molecule has 0 aromatic carbocycles. The molecule has 100 valence electrons. The van der Waals surface area contributed by atoms with Crippen molar-refractivity contribution in [1.29, 1.82) is 0 Å². The maximum atomic E-state index is 11.8. The number of rotatable bonds is 5. The van der Waals surface area contributed by atoms with Gasteiger partial charge in [0.2, 0.25) is 0 Å². The van der Waals surface area contributed by atoms with Gasteiger partial charge in [0.1, 0.15) is 6.23 Å². The van der Waals surface area contributed by atoms with Gasteiger partial charge in [0.15, 0.2) is 0 Å². The molecule has 0 aromatic heterocycles. The lowest BCUT2D eigenvalue weighted by atomic mass is 9.96. The molecule has 1 heterocycles. The number of hydrogen-bond acceptors (Lipinski definition) is 3. The summed E-state index contributed by atoms with van der Waals surface area (Å²) in [4.78, 5) is 13.6. The van der Waals surface area contributed by atoms with Crippen LogP contribution in [-0.4, -0.2) is 37.5 Å². The largest absolute Gasteiger partial charge is 0.453 e. The molecule has 1 aliphatic rings. The second-order valence-corrected chi connectivity index (χ2v) is 4.65. The topological polar surface area (TPSA) is 38.8 Å². The highest BCUT2D eigenvalue weighted by molar-refractivity contribution is 5.68. The number of unbranched alkanes of at least 4 members (excludes halogenated alkanes) is 2. The standard InChI is InChI=1S/C13H25NO3/c1-4-5-6-8-11-9-7-10-12(16-2)14(11)13(15)17-3/h11-12H,4-10H2,1-3H3/t11-,12?/m0/s1. The Hall–Kier alpha value is -0.770. The van der Waals surface area contributed by atoms with Crippen molar-refractivity contribution in [2.45, 2.75) is 64.1 Å². The van der Waals surface area contributed by atoms with E-state index in [0.717, 1.165) is 25.7 Å². The number of carbonyl (C=O) groups excluding carboxylic acids is 1. The Bertz CT molecular complexity index is 233. The Morgan fingerprint density at radius 1 is 1.29 bits per heavy atom. The van der Waals surface area contributed by atoms with E-state index in [4.69, 9.17) is 9.47 Å². The fourth-order valence-corrected chi connectivity index (χ4v) is 2.56. The van der Waals surface area contributed by atoms with E-state index in [9.17, 15) is 4.79 Å². The lowest BCUT2D eigenvalue weighted by Crippen LogP contribution is -2.50. The van der Waals surface area contributed by atoms with Crippen LogP contribution in [-0.2, 0) is 9.47 Å². The van der Waals surface area contributed by atoms with Crippen LogP contribution in [0.2, 0.25) is 0 Å². The summed E-state index contributed by atoms with van der Waals surface area (Å²) in [5.74, 6) is 0. The molecule has 17 heavy (non-hydrogen) atoms. The Morgan fingerprint density at radius 2 is 2.06 bits per heavy atom. The first-order valence-electron chi connectivity index (χ1n) is 6.63. The third-order valence-corrected chi connectivity index (χ3v) is 3.49. The zero-order valence-electron chi connectivity index (χ0n) is 11.3. The van der Waals surface area contributed by atoms with E-state index in [1.807, 2.05) is 0 Å². The first-order valence-corrected chi connectivity index (χ1v) is 6.63. The van der Waals surface area contributed by atoms with Crippen molar-refractivity contribution >= 4 is 6.09 Å². The summed E-state index contributed by atoms with van der Waals surface area (Å²) in [6.45, 7) is 2.19. The molecule has 0 saturated carbocycles. The first kappa shape index (κ1) is 14.3. The molecule has 4 nitrogen and oxygen atoms in total. The molecule has 2 atom stereocenters. The van der Waals surface area contributed by atoms with E-state index in [0.29, 0.717) is 0 Å². The zero-order valence-corrected chi connectivity index (χ0v) is 11.3. The number of piperidine rings is 1. The van der Waals surface area contributed by atoms with Crippen molar-refractivity contribution in [1.82, 2.24) is 4.90 Å². The molecule has 0 aromatic rings. The quantitative estimate of drug-likeness (QED) is 0.696. The number of methoxy groups -OCH3 is 2. The van der Waals surface area contributed by atoms with Gasteiger partial charge in [-0.25, -0.2) is 4.79 Å². The van der Waals surface area contributed by atoms with Crippen LogP contribution in [0.4, 0.5) is 4.79 Å². The lowest BCUT2D eigenvalue weighted by Gasteiger charge is -2.40. The number of nitrogens with zero attached hydrogens (tertiary/aromatic N) is 1. The Balaban J connectivity index is 2.60. The van der Waals surface area contributed by atoms with E-state index in [1.54, 1.807) is 12.0 Å². The van der Waals surface area contributed by atoms with Crippen molar-refractivity contribution in [3.63, 3.8) is 0 Å². The summed E-state index contributed by atoms with van der Waals surface area (Å²) in [7, 11) is 3.10. The summed E-state index contributed by atoms with van der Waals surface area (Å²) < 4.78 is 10.3. The first-order chi connectivity index (χ1) is 8.24. The van der Waals surface area contributed by atoms with Gasteiger partial charge in [0.05, 0.1) is 7.11 Å². The molecule has 4 heteroatoms. The average Bonchev–Trinajstić information content (AvgIpc) is 2.37. The van der Waals surface area contributed by atoms with E-state index in [-0.39, 0.29) is 18.4 Å². The smallest absolute Gasteiger partial charge is 0.411 e. The third kappa shape index (κ3) is 3.87. The van der Waals surface area contributed by atoms with Gasteiger partial charge in [-0.3, -0.25) is 4.90 Å². The Labute approximate surface area is 104 Å². The van der Waals surface area contributed by atoms with Crippen LogP contribution < -0.4 is 0 Å². The molecular formula is C13H25NO3. The predicted octanol–water partition coefficient (Wildman–Crippen LogP) is 3.16. The van der Waals surface area contributed by atoms with E-state index < -0.39 is 0 Å². The molecule has 1 amide bonds. The predicted molar refractivity (Wildman–Crippen MR) is 66.8 cm³/mol. The minimum Gasteiger partial charge on any atom is -0.453 e. The molecule has 1 fully saturated rings. The zero-order chi connectivity index (χ0) is 12.7. The number of likely N-dealkylation sites (tertiary alicyclic amines) is 1. The summed E-state index contributed by atoms with van der Waals surface area (Å²) in [5, 5.41) is 0. The highest BCUT2D eigenvalue weighted by Gasteiger charge is 2.34. The van der Waals surface area contributed by atoms with Gasteiger partial charge in [-0.05, 0) is 25.7 Å². The molecule has 1 unspecified atom stereocenters. The Kier molecular flexibility index (Phi) is 6.34. The van der Waals surface area contributed by atoms with Crippen LogP contribution in [0, 0.1) is 0 Å². The molecule has 1 aliphatic heterocycles. The highest BCUT2D eigenvalue weighted by Crippen LogP contribution is 2.27. The van der Waals surface area contributed by atoms with Crippen molar-refractivity contribution in [2.24, 2.45) is 0 Å². The fraction of sp³-hybridized carbons (Fsp3) is 0.923. The Morgan fingerprint density at radius 3 is 2.65 bits per heavy atom. The third-order valence-electron chi connectivity index (χ3n) is 3.49. The van der Waals surface area contributed by atoms with Gasteiger partial charge in [-0.2, -0.15) is 0 Å². The molecule has 0 spiro atoms. The van der Waals surface area contributed by atoms with Gasteiger partial charge >= 0.3 is 6.09 Å². The molecular weight excluding hydrogens is 218 g/mol. The SMILES string of the molecule is CCCCC[C@H]1CCCC(OC)N1C(=O)OC. The number of amides is 1. The summed E-state index contributed by atoms with van der Waals surface area (Å²) in [6.07, 6.45) is 7.41. The normalized spacial score (nSPS) is 24.8. The van der Waals surface area contributed by atoms with Crippen molar-refractivity contribution in [3.05, 3.63) is 0 Å². The van der Waals surface area contributed by atoms with Crippen molar-refractivity contribution in [3.8, 4) is 0 Å². The van der Waals surface area contributed by atoms with E-state index in [1.165, 1.54) is 26.4 Å². The molecule has 0 aliphatic carbocycles. The van der Waals surface area contributed by atoms with Gasteiger partial charge in [0.25, 0.3) is 0 Å². The molecule has 0 N–H and O–H groups in total. The molecule has 1 rings (SSSR count). The van der Waals surface area contributed by atoms with Crippen LogP contribution in [0.3, 0.4) is 0 Å². The molecule has 1 saturated heterocycles. The second kappa shape index (κ2) is 7.54. The molecule has 0 bridgehead atoms. The fourth-order valence-electron chi connectivity index (χ4n) is 2.56. The van der Waals surface area contributed by atoms with E-state index in [2.05, 4.69) is 6.92 Å². The van der Waals surface area contributed by atoms with Gasteiger partial charge < -0.3 is 9.47 Å². The van der Waals surface area contributed by atoms with Crippen LogP contribution in [0.15, 0.2) is 0 Å². The second-order valence-electron chi connectivity index (χ2n) is 4.65. The minimum absolute atomic E-state index is 0.108. The van der Waals surface area contributed by atoms with Crippen molar-refractivity contribution in [2.75, 3.05) is 14.2 Å². The minimum atomic E-state index is -0.252. The summed E-state index contributed by atoms with van der Waals surface area (Å²) >= 11 is 0. The van der Waals surface area contributed by atoms with Crippen LogP contribution in [0.1, 0.15) is 51.9 Å². The van der Waals surface area contributed by atoms with Crippen molar-refractivity contribution < 1.29 is 14.3 Å². The number of ether oxygens (including phenoxy) is 2. The summed E-state index contributed by atoms with van der Waals surface area (Å²) in [6, 6.07) is 0.285. The maximum Gasteiger partial charge on any atom is 0.411 e. The molecule has 0 radical (unpaired) electrons. The average molecular weight is 243 g/mol. The number of hydrogen-bond donors (Lipinski definition) is 0. The van der Waals surface area contributed by atoms with Crippen LogP contribution >= 0.6 is 0 Å². The van der Waals surface area contributed by atoms with Gasteiger partial charge in [-0.15, -0.1) is 0 Å². The maximum absolute atomic E-state index is 11.8. The van der Waals surface area contributed by atoms with Crippen LogP contribution in [0.5, 0.6) is 0 Å². The van der Waals surface area contributed by atoms with Crippen LogP contribution in [0.25, 0.3) is 0 Å². The lowest BCUT2D eigenvalue weighted by molar-refractivity contribution is -0.0710. The summed E-state index contributed by atoms with van der Waals surface area (Å²) in [5.41, 5.74) is 0. The highest BCUT2D eigenvalue weighted by atomic mass is 16.6. The van der Waals surface area contributed by atoms with Gasteiger partial charge in [0, 0.05) is 13.2 Å². The van der Waals surface area contributed by atoms with E-state index >= 15 is 0 Å². The van der Waals surface area contributed by atoms with Gasteiger partial charge in [-0.1, -0.05) is 26.2 Å². The monoisotopic (exact) mass is 243 g/mol.